The molecule has 0 saturated carbocycles. The lowest BCUT2D eigenvalue weighted by molar-refractivity contribution is 0.101. The van der Waals surface area contributed by atoms with E-state index >= 15 is 0 Å². The topological polar surface area (TPSA) is 46.2 Å². The molecule has 1 aromatic carbocycles. The number of aryl methyl sites for hydroxylation is 2. The van der Waals surface area contributed by atoms with Crippen LogP contribution in [-0.2, 0) is 12.8 Å². The number of nitrogens with one attached hydrogen (secondary N) is 1. The molecule has 0 radical (unpaired) electrons. The van der Waals surface area contributed by atoms with Gasteiger partial charge in [0.1, 0.15) is 5.00 Å². The number of thiophene rings is 1. The van der Waals surface area contributed by atoms with E-state index in [2.05, 4.69) is 5.32 Å². The van der Waals surface area contributed by atoms with Crippen LogP contribution >= 0.6 is 11.3 Å². The highest BCUT2D eigenvalue weighted by molar-refractivity contribution is 7.17. The number of carbonyl (C=O) groups is 2. The van der Waals surface area contributed by atoms with Crippen molar-refractivity contribution in [3.63, 3.8) is 0 Å². The molecule has 23 heavy (non-hydrogen) atoms. The summed E-state index contributed by atoms with van der Waals surface area (Å²) in [4.78, 5) is 25.9. The van der Waals surface area contributed by atoms with Crippen molar-refractivity contribution < 1.29 is 9.59 Å². The van der Waals surface area contributed by atoms with Gasteiger partial charge in [-0.05, 0) is 57.2 Å². The van der Waals surface area contributed by atoms with E-state index in [1.807, 2.05) is 31.2 Å². The van der Waals surface area contributed by atoms with Gasteiger partial charge in [-0.3, -0.25) is 9.59 Å². The van der Waals surface area contributed by atoms with E-state index in [0.29, 0.717) is 5.56 Å². The second-order valence-corrected chi connectivity index (χ2v) is 7.25. The van der Waals surface area contributed by atoms with Crippen molar-refractivity contribution in [2.24, 2.45) is 0 Å². The van der Waals surface area contributed by atoms with Crippen LogP contribution in [0.4, 0.5) is 5.00 Å². The minimum atomic E-state index is -0.149. The summed E-state index contributed by atoms with van der Waals surface area (Å²) in [7, 11) is 0. The lowest BCUT2D eigenvalue weighted by atomic mass is 10.0. The van der Waals surface area contributed by atoms with Gasteiger partial charge in [-0.15, -0.1) is 11.3 Å². The molecule has 0 bridgehead atoms. The molecule has 0 atom stereocenters. The lowest BCUT2D eigenvalue weighted by Crippen LogP contribution is -2.13. The quantitative estimate of drug-likeness (QED) is 0.651. The Hall–Kier alpha value is -1.94. The Bertz CT molecular complexity index is 743. The number of anilines is 1. The Morgan fingerprint density at radius 3 is 2.43 bits per heavy atom. The maximum Gasteiger partial charge on any atom is 0.256 e. The third-order valence-electron chi connectivity index (χ3n) is 4.31. The molecular weight excluding hydrogens is 306 g/mol. The van der Waals surface area contributed by atoms with Crippen LogP contribution in [0.2, 0.25) is 0 Å². The predicted octanol–water partition coefficient (Wildman–Crippen LogP) is 4.78. The van der Waals surface area contributed by atoms with E-state index in [9.17, 15) is 9.59 Å². The Balaban J connectivity index is 1.92. The molecule has 1 heterocycles. The van der Waals surface area contributed by atoms with Gasteiger partial charge in [0.2, 0.25) is 0 Å². The maximum absolute atomic E-state index is 12.5. The number of ketones is 1. The summed E-state index contributed by atoms with van der Waals surface area (Å²) < 4.78 is 0. The molecule has 0 unspecified atom stereocenters. The summed E-state index contributed by atoms with van der Waals surface area (Å²) in [6.07, 6.45) is 5.46. The molecule has 120 valence electrons. The van der Waals surface area contributed by atoms with Gasteiger partial charge >= 0.3 is 0 Å². The molecule has 1 N–H and O–H groups in total. The fourth-order valence-electron chi connectivity index (χ4n) is 3.08. The minimum Gasteiger partial charge on any atom is -0.313 e. The van der Waals surface area contributed by atoms with Gasteiger partial charge in [-0.25, -0.2) is 0 Å². The van der Waals surface area contributed by atoms with E-state index in [1.54, 1.807) is 18.3 Å². The number of amides is 1. The second kappa shape index (κ2) is 6.67. The molecule has 3 rings (SSSR count). The zero-order valence-electron chi connectivity index (χ0n) is 13.6. The van der Waals surface area contributed by atoms with E-state index in [-0.39, 0.29) is 11.7 Å². The smallest absolute Gasteiger partial charge is 0.256 e. The Labute approximate surface area is 140 Å². The van der Waals surface area contributed by atoms with Gasteiger partial charge in [0.05, 0.1) is 5.56 Å². The Morgan fingerprint density at radius 2 is 1.74 bits per heavy atom. The monoisotopic (exact) mass is 327 g/mol. The van der Waals surface area contributed by atoms with E-state index < -0.39 is 0 Å². The summed E-state index contributed by atoms with van der Waals surface area (Å²) in [6.45, 7) is 3.58. The molecule has 0 spiro atoms. The molecule has 1 aromatic heterocycles. The maximum atomic E-state index is 12.5. The van der Waals surface area contributed by atoms with Crippen LogP contribution in [0, 0.1) is 6.92 Å². The average Bonchev–Trinajstić information content (AvgIpc) is 2.69. The normalized spacial score (nSPS) is 14.0. The molecule has 4 heteroatoms. The number of rotatable bonds is 3. The van der Waals surface area contributed by atoms with Crippen molar-refractivity contribution >= 4 is 28.0 Å². The van der Waals surface area contributed by atoms with Crippen molar-refractivity contribution in [1.29, 1.82) is 0 Å². The van der Waals surface area contributed by atoms with Gasteiger partial charge in [-0.2, -0.15) is 0 Å². The molecule has 1 aliphatic rings. The standard InChI is InChI=1S/C19H21NO2S/c1-12-8-10-14(11-9-12)18(22)20-19-17(13(2)21)15-6-4-3-5-7-16(15)23-19/h8-11H,3-7H2,1-2H3,(H,20,22). The highest BCUT2D eigenvalue weighted by Crippen LogP contribution is 2.38. The predicted molar refractivity (Wildman–Crippen MR) is 94.7 cm³/mol. The fraction of sp³-hybridized carbons (Fsp3) is 0.368. The van der Waals surface area contributed by atoms with E-state index in [4.69, 9.17) is 0 Å². The Kier molecular flexibility index (Phi) is 4.62. The van der Waals surface area contributed by atoms with Crippen LogP contribution in [0.25, 0.3) is 0 Å². The van der Waals surface area contributed by atoms with Crippen molar-refractivity contribution in [1.82, 2.24) is 0 Å². The van der Waals surface area contributed by atoms with Gasteiger partial charge in [0.15, 0.2) is 5.78 Å². The summed E-state index contributed by atoms with van der Waals surface area (Å²) >= 11 is 1.58. The lowest BCUT2D eigenvalue weighted by Gasteiger charge is -2.07. The van der Waals surface area contributed by atoms with Gasteiger partial charge in [-0.1, -0.05) is 24.1 Å². The molecule has 1 aliphatic carbocycles. The third kappa shape index (κ3) is 3.37. The first kappa shape index (κ1) is 15.9. The molecular formula is C19H21NO2S. The summed E-state index contributed by atoms with van der Waals surface area (Å²) in [5.74, 6) is -0.104. The molecule has 0 aliphatic heterocycles. The summed E-state index contributed by atoms with van der Waals surface area (Å²) in [5, 5.41) is 3.68. The van der Waals surface area contributed by atoms with Gasteiger partial charge in [0, 0.05) is 10.4 Å². The number of benzene rings is 1. The van der Waals surface area contributed by atoms with Crippen molar-refractivity contribution in [2.45, 2.75) is 46.0 Å². The zero-order valence-corrected chi connectivity index (χ0v) is 14.4. The third-order valence-corrected chi connectivity index (χ3v) is 5.52. The van der Waals surface area contributed by atoms with Crippen LogP contribution in [0.3, 0.4) is 0 Å². The first-order chi connectivity index (χ1) is 11.1. The van der Waals surface area contributed by atoms with Gasteiger partial charge in [0.25, 0.3) is 5.91 Å². The molecule has 2 aromatic rings. The van der Waals surface area contributed by atoms with Crippen LogP contribution in [-0.4, -0.2) is 11.7 Å². The minimum absolute atomic E-state index is 0.0450. The Morgan fingerprint density at radius 1 is 1.04 bits per heavy atom. The van der Waals surface area contributed by atoms with E-state index in [1.165, 1.54) is 16.9 Å². The average molecular weight is 327 g/mol. The summed E-state index contributed by atoms with van der Waals surface area (Å²) in [6, 6.07) is 7.47. The number of fused-ring (bicyclic) bond motifs is 1. The molecule has 0 fully saturated rings. The van der Waals surface area contributed by atoms with Crippen LogP contribution < -0.4 is 5.32 Å². The highest BCUT2D eigenvalue weighted by Gasteiger charge is 2.23. The second-order valence-electron chi connectivity index (χ2n) is 6.14. The number of Topliss-reactive ketones (excluding diaryl/α,β-unsaturated/α-hetero) is 1. The summed E-state index contributed by atoms with van der Waals surface area (Å²) in [5.41, 5.74) is 3.63. The fourth-order valence-corrected chi connectivity index (χ4v) is 4.42. The van der Waals surface area contributed by atoms with E-state index in [0.717, 1.165) is 41.8 Å². The highest BCUT2D eigenvalue weighted by atomic mass is 32.1. The molecule has 1 amide bonds. The first-order valence-corrected chi connectivity index (χ1v) is 8.91. The van der Waals surface area contributed by atoms with Crippen molar-refractivity contribution in [3.05, 3.63) is 51.4 Å². The number of hydrogen-bond acceptors (Lipinski definition) is 3. The molecule has 3 nitrogen and oxygen atoms in total. The van der Waals surface area contributed by atoms with Crippen molar-refractivity contribution in [3.8, 4) is 0 Å². The SMILES string of the molecule is CC(=O)c1c(NC(=O)c2ccc(C)cc2)sc2c1CCCCC2. The number of hydrogen-bond donors (Lipinski definition) is 1. The van der Waals surface area contributed by atoms with Crippen LogP contribution in [0.15, 0.2) is 24.3 Å². The molecule has 0 saturated heterocycles. The van der Waals surface area contributed by atoms with Crippen LogP contribution in [0.1, 0.15) is 62.9 Å². The van der Waals surface area contributed by atoms with Crippen molar-refractivity contribution in [2.75, 3.05) is 5.32 Å². The number of carbonyl (C=O) groups excluding carboxylic acids is 2. The first-order valence-electron chi connectivity index (χ1n) is 8.09. The van der Waals surface area contributed by atoms with Crippen LogP contribution in [0.5, 0.6) is 0 Å². The zero-order chi connectivity index (χ0) is 16.4. The van der Waals surface area contributed by atoms with Gasteiger partial charge < -0.3 is 5.32 Å². The largest absolute Gasteiger partial charge is 0.313 e.